The van der Waals surface area contributed by atoms with Crippen molar-refractivity contribution in [3.8, 4) is 12.3 Å². The van der Waals surface area contributed by atoms with Crippen LogP contribution < -0.4 is 5.32 Å². The molecule has 0 fully saturated rings. The third kappa shape index (κ3) is 2.11. The number of hydrogen-bond donors (Lipinski definition) is 1. The van der Waals surface area contributed by atoms with Crippen LogP contribution >= 0.6 is 0 Å². The number of aryl methyl sites for hydroxylation is 1. The first-order valence-corrected chi connectivity index (χ1v) is 4.13. The molecule has 3 heteroatoms. The summed E-state index contributed by atoms with van der Waals surface area (Å²) in [6, 6.07) is 4.66. The van der Waals surface area contributed by atoms with Crippen LogP contribution in [0, 0.1) is 25.1 Å². The minimum absolute atomic E-state index is 0.0280. The Labute approximate surface area is 82.1 Å². The summed E-state index contributed by atoms with van der Waals surface area (Å²) in [6.07, 6.45) is 4.96. The van der Waals surface area contributed by atoms with Gasteiger partial charge in [0.2, 0.25) is 0 Å². The Bertz CT molecular complexity index is 393. The van der Waals surface area contributed by atoms with Crippen molar-refractivity contribution >= 4 is 5.91 Å². The van der Waals surface area contributed by atoms with Crippen molar-refractivity contribution in [2.75, 3.05) is 6.54 Å². The molecule has 1 aromatic carbocycles. The summed E-state index contributed by atoms with van der Waals surface area (Å²) in [7, 11) is 0. The van der Waals surface area contributed by atoms with E-state index in [1.54, 1.807) is 19.1 Å². The van der Waals surface area contributed by atoms with Crippen LogP contribution in [-0.4, -0.2) is 12.5 Å². The number of benzene rings is 1. The van der Waals surface area contributed by atoms with Crippen LogP contribution in [0.1, 0.15) is 15.9 Å². The van der Waals surface area contributed by atoms with Gasteiger partial charge in [-0.15, -0.1) is 6.42 Å². The quantitative estimate of drug-likeness (QED) is 0.705. The van der Waals surface area contributed by atoms with E-state index in [9.17, 15) is 9.18 Å². The largest absolute Gasteiger partial charge is 0.341 e. The van der Waals surface area contributed by atoms with Gasteiger partial charge >= 0.3 is 0 Å². The lowest BCUT2D eigenvalue weighted by atomic mass is 10.1. The van der Waals surface area contributed by atoms with Gasteiger partial charge in [-0.05, 0) is 18.6 Å². The van der Waals surface area contributed by atoms with Crippen LogP contribution in [0.3, 0.4) is 0 Å². The van der Waals surface area contributed by atoms with Gasteiger partial charge < -0.3 is 5.32 Å². The molecule has 1 aromatic rings. The molecule has 72 valence electrons. The lowest BCUT2D eigenvalue weighted by molar-refractivity contribution is 0.0954. The summed E-state index contributed by atoms with van der Waals surface area (Å²) in [6.45, 7) is 1.71. The minimum Gasteiger partial charge on any atom is -0.341 e. The molecule has 0 bridgehead atoms. The van der Waals surface area contributed by atoms with Gasteiger partial charge in [-0.1, -0.05) is 18.1 Å². The van der Waals surface area contributed by atoms with Crippen molar-refractivity contribution in [2.45, 2.75) is 6.92 Å². The number of carbonyl (C=O) groups is 1. The molecule has 0 saturated heterocycles. The SMILES string of the molecule is C#CCNC(=O)c1cccc(C)c1F. The predicted octanol–water partition coefficient (Wildman–Crippen LogP) is 1.50. The highest BCUT2D eigenvalue weighted by molar-refractivity contribution is 5.94. The van der Waals surface area contributed by atoms with Gasteiger partial charge in [-0.25, -0.2) is 4.39 Å². The molecule has 0 aliphatic carbocycles. The van der Waals surface area contributed by atoms with E-state index in [1.807, 2.05) is 0 Å². The lowest BCUT2D eigenvalue weighted by Crippen LogP contribution is -2.24. The molecule has 2 nitrogen and oxygen atoms in total. The molecule has 0 radical (unpaired) electrons. The van der Waals surface area contributed by atoms with E-state index >= 15 is 0 Å². The second-order valence-electron chi connectivity index (χ2n) is 2.82. The number of rotatable bonds is 2. The molecule has 1 rings (SSSR count). The molecular formula is C11H10FNO. The number of halogens is 1. The zero-order valence-electron chi connectivity index (χ0n) is 7.80. The van der Waals surface area contributed by atoms with Gasteiger partial charge in [0.1, 0.15) is 5.82 Å². The molecule has 0 atom stereocenters. The number of amides is 1. The Kier molecular flexibility index (Phi) is 3.24. The molecule has 0 saturated carbocycles. The Hall–Kier alpha value is -1.82. The van der Waals surface area contributed by atoms with E-state index in [2.05, 4.69) is 11.2 Å². The van der Waals surface area contributed by atoms with Crippen LogP contribution in [-0.2, 0) is 0 Å². The molecule has 1 amide bonds. The molecule has 14 heavy (non-hydrogen) atoms. The van der Waals surface area contributed by atoms with E-state index in [-0.39, 0.29) is 12.1 Å². The normalized spacial score (nSPS) is 9.21. The van der Waals surface area contributed by atoms with Crippen molar-refractivity contribution in [3.05, 3.63) is 35.1 Å². The van der Waals surface area contributed by atoms with E-state index in [0.29, 0.717) is 5.56 Å². The summed E-state index contributed by atoms with van der Waals surface area (Å²) in [5, 5.41) is 2.40. The third-order valence-corrected chi connectivity index (χ3v) is 1.79. The Morgan fingerprint density at radius 2 is 2.36 bits per heavy atom. The fourth-order valence-electron chi connectivity index (χ4n) is 1.05. The van der Waals surface area contributed by atoms with E-state index in [1.165, 1.54) is 6.07 Å². The maximum Gasteiger partial charge on any atom is 0.255 e. The first kappa shape index (κ1) is 10.3. The third-order valence-electron chi connectivity index (χ3n) is 1.79. The van der Waals surface area contributed by atoms with E-state index < -0.39 is 11.7 Å². The van der Waals surface area contributed by atoms with Crippen LogP contribution in [0.25, 0.3) is 0 Å². The fourth-order valence-corrected chi connectivity index (χ4v) is 1.05. The molecule has 0 unspecified atom stereocenters. The van der Waals surface area contributed by atoms with Gasteiger partial charge in [0.25, 0.3) is 5.91 Å². The first-order valence-electron chi connectivity index (χ1n) is 4.13. The average Bonchev–Trinajstić information content (AvgIpc) is 2.18. The second kappa shape index (κ2) is 4.43. The summed E-state index contributed by atoms with van der Waals surface area (Å²) >= 11 is 0. The number of nitrogens with one attached hydrogen (secondary N) is 1. The zero-order chi connectivity index (χ0) is 10.6. The number of carbonyl (C=O) groups excluding carboxylic acids is 1. The molecule has 0 aromatic heterocycles. The summed E-state index contributed by atoms with van der Waals surface area (Å²) in [5.74, 6) is 1.27. The van der Waals surface area contributed by atoms with E-state index in [4.69, 9.17) is 6.42 Å². The first-order chi connectivity index (χ1) is 6.66. The summed E-state index contributed by atoms with van der Waals surface area (Å²) in [4.78, 5) is 11.3. The smallest absolute Gasteiger partial charge is 0.255 e. The van der Waals surface area contributed by atoms with Crippen LogP contribution in [0.15, 0.2) is 18.2 Å². The van der Waals surface area contributed by atoms with E-state index in [0.717, 1.165) is 0 Å². The number of hydrogen-bond acceptors (Lipinski definition) is 1. The Balaban J connectivity index is 2.91. The highest BCUT2D eigenvalue weighted by Crippen LogP contribution is 2.11. The average molecular weight is 191 g/mol. The molecular weight excluding hydrogens is 181 g/mol. The molecule has 0 aliphatic rings. The monoisotopic (exact) mass is 191 g/mol. The van der Waals surface area contributed by atoms with Gasteiger partial charge in [-0.3, -0.25) is 4.79 Å². The van der Waals surface area contributed by atoms with Crippen molar-refractivity contribution in [3.63, 3.8) is 0 Å². The van der Waals surface area contributed by atoms with Gasteiger partial charge in [0.05, 0.1) is 12.1 Å². The minimum atomic E-state index is -0.498. The molecule has 0 heterocycles. The standard InChI is InChI=1S/C11H10FNO/c1-3-7-13-11(14)9-6-4-5-8(2)10(9)12/h1,4-6H,7H2,2H3,(H,13,14). The van der Waals surface area contributed by atoms with Crippen LogP contribution in [0.5, 0.6) is 0 Å². The Morgan fingerprint density at radius 3 is 3.00 bits per heavy atom. The fraction of sp³-hybridized carbons (Fsp3) is 0.182. The van der Waals surface area contributed by atoms with Gasteiger partial charge in [0.15, 0.2) is 0 Å². The maximum atomic E-state index is 13.4. The maximum absolute atomic E-state index is 13.4. The summed E-state index contributed by atoms with van der Waals surface area (Å²) in [5.41, 5.74) is 0.471. The molecule has 1 N–H and O–H groups in total. The summed E-state index contributed by atoms with van der Waals surface area (Å²) < 4.78 is 13.4. The molecule has 0 aliphatic heterocycles. The van der Waals surface area contributed by atoms with Gasteiger partial charge in [0, 0.05) is 0 Å². The zero-order valence-corrected chi connectivity index (χ0v) is 7.80. The van der Waals surface area contributed by atoms with Crippen LogP contribution in [0.4, 0.5) is 4.39 Å². The highest BCUT2D eigenvalue weighted by atomic mass is 19.1. The van der Waals surface area contributed by atoms with Crippen molar-refractivity contribution in [1.82, 2.24) is 5.32 Å². The van der Waals surface area contributed by atoms with Crippen LogP contribution in [0.2, 0.25) is 0 Å². The second-order valence-corrected chi connectivity index (χ2v) is 2.82. The van der Waals surface area contributed by atoms with Crippen molar-refractivity contribution in [2.24, 2.45) is 0 Å². The number of terminal acetylenes is 1. The highest BCUT2D eigenvalue weighted by Gasteiger charge is 2.11. The topological polar surface area (TPSA) is 29.1 Å². The molecule has 0 spiro atoms. The van der Waals surface area contributed by atoms with Gasteiger partial charge in [-0.2, -0.15) is 0 Å². The van der Waals surface area contributed by atoms with Crippen molar-refractivity contribution < 1.29 is 9.18 Å². The lowest BCUT2D eigenvalue weighted by Gasteiger charge is -2.04. The predicted molar refractivity (Wildman–Crippen MR) is 52.3 cm³/mol. The Morgan fingerprint density at radius 1 is 1.64 bits per heavy atom. The van der Waals surface area contributed by atoms with Crippen molar-refractivity contribution in [1.29, 1.82) is 0 Å².